The maximum absolute atomic E-state index is 12.5. The second-order valence-electron chi connectivity index (χ2n) is 11.5. The predicted octanol–water partition coefficient (Wildman–Crippen LogP) is 9.22. The number of unbranched alkanes of at least 4 members (excludes halogenated alkanes) is 8. The first-order valence-electron chi connectivity index (χ1n) is 17.8. The Kier molecular flexibility index (Phi) is 30.9. The fourth-order valence-corrected chi connectivity index (χ4v) is 4.60. The molecule has 0 heterocycles. The van der Waals surface area contributed by atoms with Gasteiger partial charge in [-0.25, -0.2) is 4.79 Å². The van der Waals surface area contributed by atoms with Crippen molar-refractivity contribution >= 4 is 17.8 Å². The van der Waals surface area contributed by atoms with E-state index in [0.717, 1.165) is 77.0 Å². The van der Waals surface area contributed by atoms with E-state index in [1.54, 1.807) is 0 Å². The van der Waals surface area contributed by atoms with Crippen molar-refractivity contribution in [1.29, 1.82) is 0 Å². The van der Waals surface area contributed by atoms with Crippen LogP contribution in [0.1, 0.15) is 136 Å². The fourth-order valence-electron chi connectivity index (χ4n) is 4.60. The molecular formula is C39H64N2O5. The van der Waals surface area contributed by atoms with Crippen LogP contribution in [0.5, 0.6) is 0 Å². The van der Waals surface area contributed by atoms with Crippen molar-refractivity contribution in [2.24, 2.45) is 5.73 Å². The minimum absolute atomic E-state index is 0.165. The third-order valence-electron chi connectivity index (χ3n) is 7.23. The Morgan fingerprint density at radius 2 is 1.17 bits per heavy atom. The van der Waals surface area contributed by atoms with Gasteiger partial charge in [-0.2, -0.15) is 0 Å². The number of aliphatic carboxylic acids is 1. The van der Waals surface area contributed by atoms with Crippen LogP contribution in [0.4, 0.5) is 0 Å². The van der Waals surface area contributed by atoms with Crippen LogP contribution in [-0.4, -0.2) is 41.6 Å². The number of nitrogens with one attached hydrogen (secondary N) is 1. The van der Waals surface area contributed by atoms with Gasteiger partial charge in [0, 0.05) is 12.8 Å². The van der Waals surface area contributed by atoms with Gasteiger partial charge in [-0.05, 0) is 102 Å². The number of rotatable bonds is 30. The van der Waals surface area contributed by atoms with Gasteiger partial charge in [-0.3, -0.25) is 9.59 Å². The quantitative estimate of drug-likeness (QED) is 0.0409. The van der Waals surface area contributed by atoms with Crippen LogP contribution >= 0.6 is 0 Å². The van der Waals surface area contributed by atoms with Gasteiger partial charge in [0.25, 0.3) is 0 Å². The third kappa shape index (κ3) is 29.5. The zero-order valence-corrected chi connectivity index (χ0v) is 28.9. The summed E-state index contributed by atoms with van der Waals surface area (Å²) in [5.74, 6) is -1.43. The molecule has 7 heteroatoms. The third-order valence-corrected chi connectivity index (χ3v) is 7.23. The normalized spacial score (nSPS) is 13.6. The SMILES string of the molecule is CC/C=C\C/C=C\C/C=C\CCCCCCCC(=O)OC(/C=C\C/C=C\CC)/C=C\CCCCCC(=O)NC(CCCN)C(=O)O. The fraction of sp³-hybridized carbons (Fsp3) is 0.615. The minimum Gasteiger partial charge on any atom is -0.480 e. The van der Waals surface area contributed by atoms with Crippen LogP contribution < -0.4 is 11.1 Å². The number of carboxylic acid groups (broad SMARTS) is 1. The van der Waals surface area contributed by atoms with Gasteiger partial charge in [0.05, 0.1) is 0 Å². The molecule has 0 aliphatic heterocycles. The van der Waals surface area contributed by atoms with Gasteiger partial charge < -0.3 is 20.9 Å². The van der Waals surface area contributed by atoms with Crippen molar-refractivity contribution < 1.29 is 24.2 Å². The van der Waals surface area contributed by atoms with E-state index >= 15 is 0 Å². The zero-order valence-electron chi connectivity index (χ0n) is 28.9. The standard InChI is InChI=1S/C39H64N2O5/c1-3-5-7-9-10-11-12-13-14-15-16-17-18-23-27-33-38(43)46-35(29-24-20-8-6-4-2)30-25-21-19-22-26-32-37(42)41-36(39(44)45)31-28-34-40/h5-8,10-11,13-14,24-25,29-30,35-36H,3-4,9,12,15-23,26-28,31-34,40H2,1-2H3,(H,41,42)(H,44,45)/b7-5-,8-6-,11-10-,14-13-,29-24-,30-25-. The van der Waals surface area contributed by atoms with Gasteiger partial charge in [0.15, 0.2) is 0 Å². The molecule has 0 fully saturated rings. The summed E-state index contributed by atoms with van der Waals surface area (Å²) in [5.41, 5.74) is 5.45. The van der Waals surface area contributed by atoms with Crippen LogP contribution in [0.2, 0.25) is 0 Å². The van der Waals surface area contributed by atoms with E-state index in [0.29, 0.717) is 38.6 Å². The molecule has 46 heavy (non-hydrogen) atoms. The van der Waals surface area contributed by atoms with Crippen molar-refractivity contribution in [3.63, 3.8) is 0 Å². The molecule has 0 aliphatic carbocycles. The van der Waals surface area contributed by atoms with Crippen molar-refractivity contribution in [2.45, 2.75) is 148 Å². The summed E-state index contributed by atoms with van der Waals surface area (Å²) in [6.07, 6.45) is 41.4. The molecule has 0 bridgehead atoms. The highest BCUT2D eigenvalue weighted by atomic mass is 16.5. The number of ether oxygens (including phenoxy) is 1. The Hall–Kier alpha value is -3.19. The first kappa shape index (κ1) is 42.8. The molecule has 0 aromatic heterocycles. The van der Waals surface area contributed by atoms with Gasteiger partial charge in [0.2, 0.25) is 5.91 Å². The van der Waals surface area contributed by atoms with E-state index in [1.165, 1.54) is 12.8 Å². The molecular weight excluding hydrogens is 576 g/mol. The molecule has 0 aromatic carbocycles. The first-order chi connectivity index (χ1) is 22.4. The van der Waals surface area contributed by atoms with E-state index < -0.39 is 12.0 Å². The van der Waals surface area contributed by atoms with Crippen LogP contribution in [0, 0.1) is 0 Å². The lowest BCUT2D eigenvalue weighted by Gasteiger charge is -2.13. The summed E-state index contributed by atoms with van der Waals surface area (Å²) in [6.45, 7) is 4.64. The second kappa shape index (κ2) is 33.2. The maximum atomic E-state index is 12.5. The predicted molar refractivity (Wildman–Crippen MR) is 192 cm³/mol. The molecule has 7 nitrogen and oxygen atoms in total. The first-order valence-corrected chi connectivity index (χ1v) is 17.8. The molecule has 4 N–H and O–H groups in total. The summed E-state index contributed by atoms with van der Waals surface area (Å²) < 4.78 is 5.76. The summed E-state index contributed by atoms with van der Waals surface area (Å²) >= 11 is 0. The van der Waals surface area contributed by atoms with E-state index in [1.807, 2.05) is 24.3 Å². The van der Waals surface area contributed by atoms with Crippen LogP contribution in [0.15, 0.2) is 72.9 Å². The molecule has 0 aliphatic rings. The second-order valence-corrected chi connectivity index (χ2v) is 11.5. The topological polar surface area (TPSA) is 119 Å². The summed E-state index contributed by atoms with van der Waals surface area (Å²) in [5, 5.41) is 11.8. The molecule has 260 valence electrons. The molecule has 0 aromatic rings. The number of nitrogens with two attached hydrogens (primary N) is 1. The van der Waals surface area contributed by atoms with E-state index in [9.17, 15) is 19.5 Å². The lowest BCUT2D eigenvalue weighted by Crippen LogP contribution is -2.40. The molecule has 0 radical (unpaired) electrons. The van der Waals surface area contributed by atoms with E-state index in [4.69, 9.17) is 10.5 Å². The molecule has 0 saturated heterocycles. The Labute approximate surface area is 280 Å². The Bertz CT molecular complexity index is 948. The molecule has 2 atom stereocenters. The molecule has 0 spiro atoms. The van der Waals surface area contributed by atoms with E-state index in [-0.39, 0.29) is 18.0 Å². The monoisotopic (exact) mass is 640 g/mol. The number of carbonyl (C=O) groups excluding carboxylic acids is 2. The average Bonchev–Trinajstić information content (AvgIpc) is 3.03. The van der Waals surface area contributed by atoms with Gasteiger partial charge in [0.1, 0.15) is 12.1 Å². The number of hydrogen-bond acceptors (Lipinski definition) is 5. The van der Waals surface area contributed by atoms with Crippen molar-refractivity contribution in [1.82, 2.24) is 5.32 Å². The molecule has 0 rings (SSSR count). The Morgan fingerprint density at radius 1 is 0.652 bits per heavy atom. The van der Waals surface area contributed by atoms with Crippen LogP contribution in [-0.2, 0) is 19.1 Å². The number of carbonyl (C=O) groups is 3. The lowest BCUT2D eigenvalue weighted by atomic mass is 10.1. The van der Waals surface area contributed by atoms with E-state index in [2.05, 4.69) is 67.8 Å². The largest absolute Gasteiger partial charge is 0.480 e. The van der Waals surface area contributed by atoms with Gasteiger partial charge in [-0.15, -0.1) is 0 Å². The highest BCUT2D eigenvalue weighted by Crippen LogP contribution is 2.11. The van der Waals surface area contributed by atoms with Gasteiger partial charge in [-0.1, -0.05) is 100 Å². The summed E-state index contributed by atoms with van der Waals surface area (Å²) in [7, 11) is 0. The minimum atomic E-state index is -1.03. The number of allylic oxidation sites excluding steroid dienone is 10. The maximum Gasteiger partial charge on any atom is 0.326 e. The van der Waals surface area contributed by atoms with Crippen molar-refractivity contribution in [3.05, 3.63) is 72.9 Å². The lowest BCUT2D eigenvalue weighted by molar-refractivity contribution is -0.145. The highest BCUT2D eigenvalue weighted by molar-refractivity contribution is 5.83. The number of amides is 1. The molecule has 0 saturated carbocycles. The average molecular weight is 641 g/mol. The summed E-state index contributed by atoms with van der Waals surface area (Å²) in [6, 6.07) is -0.877. The van der Waals surface area contributed by atoms with Crippen LogP contribution in [0.25, 0.3) is 0 Å². The Balaban J connectivity index is 4.30. The number of carboxylic acids is 1. The molecule has 2 unspecified atom stereocenters. The number of hydrogen-bond donors (Lipinski definition) is 3. The zero-order chi connectivity index (χ0) is 33.9. The van der Waals surface area contributed by atoms with Crippen molar-refractivity contribution in [2.75, 3.05) is 6.54 Å². The Morgan fingerprint density at radius 3 is 1.83 bits per heavy atom. The van der Waals surface area contributed by atoms with Crippen molar-refractivity contribution in [3.8, 4) is 0 Å². The molecule has 1 amide bonds. The van der Waals surface area contributed by atoms with Crippen LogP contribution in [0.3, 0.4) is 0 Å². The highest BCUT2D eigenvalue weighted by Gasteiger charge is 2.18. The number of esters is 1. The van der Waals surface area contributed by atoms with Gasteiger partial charge >= 0.3 is 11.9 Å². The summed E-state index contributed by atoms with van der Waals surface area (Å²) in [4.78, 5) is 35.9. The smallest absolute Gasteiger partial charge is 0.326 e.